The van der Waals surface area contributed by atoms with Gasteiger partial charge in [0, 0.05) is 18.3 Å². The fourth-order valence-corrected chi connectivity index (χ4v) is 2.41. The zero-order chi connectivity index (χ0) is 13.2. The molecule has 0 radical (unpaired) electrons. The van der Waals surface area contributed by atoms with E-state index in [0.29, 0.717) is 18.1 Å². The summed E-state index contributed by atoms with van der Waals surface area (Å²) < 4.78 is 14.4. The summed E-state index contributed by atoms with van der Waals surface area (Å²) in [4.78, 5) is 8.63. The van der Waals surface area contributed by atoms with Gasteiger partial charge in [-0.2, -0.15) is 4.98 Å². The second-order valence-corrected chi connectivity index (χ2v) is 5.18. The third kappa shape index (κ3) is 2.70. The van der Waals surface area contributed by atoms with Gasteiger partial charge in [-0.05, 0) is 19.1 Å². The van der Waals surface area contributed by atoms with Crippen LogP contribution in [0.4, 0.5) is 10.3 Å². The highest BCUT2D eigenvalue weighted by Gasteiger charge is 2.04. The SMILES string of the molecule is Cc1nc(CCNc2nc3ccc(F)cn3n2)cs1. The van der Waals surface area contributed by atoms with Gasteiger partial charge in [-0.25, -0.2) is 13.9 Å². The number of nitrogens with zero attached hydrogens (tertiary/aromatic N) is 4. The summed E-state index contributed by atoms with van der Waals surface area (Å²) >= 11 is 1.64. The molecule has 0 saturated heterocycles. The normalized spacial score (nSPS) is 11.1. The Balaban J connectivity index is 1.65. The summed E-state index contributed by atoms with van der Waals surface area (Å²) in [6.07, 6.45) is 2.12. The highest BCUT2D eigenvalue weighted by atomic mass is 32.1. The van der Waals surface area contributed by atoms with E-state index >= 15 is 0 Å². The van der Waals surface area contributed by atoms with E-state index in [1.165, 1.54) is 16.8 Å². The van der Waals surface area contributed by atoms with Crippen LogP contribution in [0.3, 0.4) is 0 Å². The lowest BCUT2D eigenvalue weighted by atomic mass is 10.3. The first kappa shape index (κ1) is 12.0. The third-order valence-corrected chi connectivity index (χ3v) is 3.45. The van der Waals surface area contributed by atoms with Gasteiger partial charge in [-0.15, -0.1) is 16.4 Å². The van der Waals surface area contributed by atoms with Gasteiger partial charge in [-0.3, -0.25) is 0 Å². The Morgan fingerprint density at radius 2 is 2.26 bits per heavy atom. The molecule has 0 aliphatic rings. The molecule has 0 atom stereocenters. The molecule has 3 aromatic heterocycles. The van der Waals surface area contributed by atoms with Gasteiger partial charge in [0.2, 0.25) is 5.95 Å². The van der Waals surface area contributed by atoms with Crippen LogP contribution < -0.4 is 5.32 Å². The molecular weight excluding hydrogens is 265 g/mol. The van der Waals surface area contributed by atoms with Crippen LogP contribution in [0.15, 0.2) is 23.7 Å². The summed E-state index contributed by atoms with van der Waals surface area (Å²) in [5.41, 5.74) is 1.68. The highest BCUT2D eigenvalue weighted by molar-refractivity contribution is 7.09. The molecule has 0 fully saturated rings. The Morgan fingerprint density at radius 3 is 3.05 bits per heavy atom. The second kappa shape index (κ2) is 4.93. The number of pyridine rings is 1. The largest absolute Gasteiger partial charge is 0.353 e. The zero-order valence-corrected chi connectivity index (χ0v) is 11.1. The van der Waals surface area contributed by atoms with Crippen LogP contribution in [0.2, 0.25) is 0 Å². The summed E-state index contributed by atoms with van der Waals surface area (Å²) in [6.45, 7) is 2.68. The first-order valence-corrected chi connectivity index (χ1v) is 6.75. The quantitative estimate of drug-likeness (QED) is 0.795. The molecule has 0 bridgehead atoms. The van der Waals surface area contributed by atoms with Crippen molar-refractivity contribution < 1.29 is 4.39 Å². The van der Waals surface area contributed by atoms with Gasteiger partial charge in [0.25, 0.3) is 0 Å². The molecule has 7 heteroatoms. The van der Waals surface area contributed by atoms with E-state index in [4.69, 9.17) is 0 Å². The Kier molecular flexibility index (Phi) is 3.12. The number of hydrogen-bond donors (Lipinski definition) is 1. The van der Waals surface area contributed by atoms with Crippen LogP contribution in [0.5, 0.6) is 0 Å². The number of nitrogens with one attached hydrogen (secondary N) is 1. The minimum Gasteiger partial charge on any atom is -0.353 e. The minimum atomic E-state index is -0.332. The molecule has 98 valence electrons. The first-order chi connectivity index (χ1) is 9.20. The zero-order valence-electron chi connectivity index (χ0n) is 10.3. The Morgan fingerprint density at radius 1 is 1.37 bits per heavy atom. The molecule has 0 saturated carbocycles. The third-order valence-electron chi connectivity index (χ3n) is 2.63. The van der Waals surface area contributed by atoms with Gasteiger partial charge >= 0.3 is 0 Å². The van der Waals surface area contributed by atoms with Crippen LogP contribution in [-0.2, 0) is 6.42 Å². The van der Waals surface area contributed by atoms with Crippen LogP contribution in [0, 0.1) is 12.7 Å². The van der Waals surface area contributed by atoms with Crippen LogP contribution >= 0.6 is 11.3 Å². The lowest BCUT2D eigenvalue weighted by molar-refractivity contribution is 0.615. The molecule has 0 amide bonds. The minimum absolute atomic E-state index is 0.332. The van der Waals surface area contributed by atoms with Crippen molar-refractivity contribution in [2.24, 2.45) is 0 Å². The van der Waals surface area contributed by atoms with Crippen LogP contribution in [-0.4, -0.2) is 26.1 Å². The average Bonchev–Trinajstić information content (AvgIpc) is 2.95. The molecule has 0 spiro atoms. The monoisotopic (exact) mass is 277 g/mol. The fraction of sp³-hybridized carbons (Fsp3) is 0.250. The molecule has 1 N–H and O–H groups in total. The van der Waals surface area contributed by atoms with Crippen molar-refractivity contribution in [1.82, 2.24) is 19.6 Å². The maximum Gasteiger partial charge on any atom is 0.243 e. The molecular formula is C12H12FN5S. The van der Waals surface area contributed by atoms with E-state index in [2.05, 4.69) is 20.4 Å². The highest BCUT2D eigenvalue weighted by Crippen LogP contribution is 2.09. The second-order valence-electron chi connectivity index (χ2n) is 4.12. The van der Waals surface area contributed by atoms with Gasteiger partial charge in [0.15, 0.2) is 5.65 Å². The first-order valence-electron chi connectivity index (χ1n) is 5.87. The van der Waals surface area contributed by atoms with Crippen molar-refractivity contribution in [2.45, 2.75) is 13.3 Å². The molecule has 5 nitrogen and oxygen atoms in total. The van der Waals surface area contributed by atoms with Crippen molar-refractivity contribution >= 4 is 22.9 Å². The van der Waals surface area contributed by atoms with Crippen molar-refractivity contribution in [1.29, 1.82) is 0 Å². The number of hydrogen-bond acceptors (Lipinski definition) is 5. The van der Waals surface area contributed by atoms with Crippen LogP contribution in [0.1, 0.15) is 10.7 Å². The Hall–Kier alpha value is -2.02. The number of fused-ring (bicyclic) bond motifs is 1. The van der Waals surface area contributed by atoms with Gasteiger partial charge in [0.05, 0.1) is 16.9 Å². The maximum absolute atomic E-state index is 13.0. The van der Waals surface area contributed by atoms with Crippen molar-refractivity contribution in [3.05, 3.63) is 40.2 Å². The topological polar surface area (TPSA) is 55.1 Å². The summed E-state index contributed by atoms with van der Waals surface area (Å²) in [6, 6.07) is 2.96. The number of anilines is 1. The lowest BCUT2D eigenvalue weighted by Gasteiger charge is -1.98. The molecule has 3 aromatic rings. The Bertz CT molecular complexity index is 705. The molecule has 0 aliphatic carbocycles. The predicted octanol–water partition coefficient (Wildman–Crippen LogP) is 2.29. The van der Waals surface area contributed by atoms with Gasteiger partial charge < -0.3 is 5.32 Å². The van der Waals surface area contributed by atoms with E-state index in [-0.39, 0.29) is 5.82 Å². The predicted molar refractivity (Wildman–Crippen MR) is 72.0 cm³/mol. The van der Waals surface area contributed by atoms with Crippen molar-refractivity contribution in [3.8, 4) is 0 Å². The summed E-state index contributed by atoms with van der Waals surface area (Å²) in [5.74, 6) is 0.166. The van der Waals surface area contributed by atoms with E-state index in [0.717, 1.165) is 17.1 Å². The smallest absolute Gasteiger partial charge is 0.243 e. The lowest BCUT2D eigenvalue weighted by Crippen LogP contribution is -2.06. The Labute approximate surface area is 113 Å². The average molecular weight is 277 g/mol. The number of aromatic nitrogens is 4. The summed E-state index contributed by atoms with van der Waals surface area (Å²) in [7, 11) is 0. The molecule has 19 heavy (non-hydrogen) atoms. The number of rotatable bonds is 4. The number of halogens is 1. The van der Waals surface area contributed by atoms with E-state index in [1.807, 2.05) is 12.3 Å². The number of aryl methyl sites for hydroxylation is 1. The van der Waals surface area contributed by atoms with E-state index in [1.54, 1.807) is 17.4 Å². The summed E-state index contributed by atoms with van der Waals surface area (Å²) in [5, 5.41) is 10.4. The fourth-order valence-electron chi connectivity index (χ4n) is 1.76. The van der Waals surface area contributed by atoms with E-state index in [9.17, 15) is 4.39 Å². The molecule has 0 aliphatic heterocycles. The van der Waals surface area contributed by atoms with Crippen molar-refractivity contribution in [3.63, 3.8) is 0 Å². The standard InChI is InChI=1S/C12H12FN5S/c1-8-15-10(7-19-8)4-5-14-12-16-11-3-2-9(13)6-18(11)17-12/h2-3,6-7H,4-5H2,1H3,(H,14,17). The van der Waals surface area contributed by atoms with Gasteiger partial charge in [-0.1, -0.05) is 0 Å². The molecule has 3 heterocycles. The molecule has 0 unspecified atom stereocenters. The molecule has 0 aromatic carbocycles. The van der Waals surface area contributed by atoms with E-state index < -0.39 is 0 Å². The maximum atomic E-state index is 13.0. The molecule has 3 rings (SSSR count). The van der Waals surface area contributed by atoms with Gasteiger partial charge in [0.1, 0.15) is 5.82 Å². The van der Waals surface area contributed by atoms with Crippen LogP contribution in [0.25, 0.3) is 5.65 Å². The number of thiazole rings is 1. The van der Waals surface area contributed by atoms with Crippen molar-refractivity contribution in [2.75, 3.05) is 11.9 Å².